The fourth-order valence-electron chi connectivity index (χ4n) is 1.68. The minimum atomic E-state index is -5.53. The Bertz CT molecular complexity index is 696. The van der Waals surface area contributed by atoms with E-state index in [0.717, 1.165) is 0 Å². The van der Waals surface area contributed by atoms with E-state index in [4.69, 9.17) is 4.74 Å². The van der Waals surface area contributed by atoms with E-state index in [1.165, 1.54) is 31.4 Å². The fourth-order valence-corrected chi connectivity index (χ4v) is 3.97. The number of hydrogen-bond donors (Lipinski definition) is 0. The number of halogens is 8. The molecule has 2 rings (SSSR count). The van der Waals surface area contributed by atoms with Crippen molar-refractivity contribution in [2.45, 2.75) is 6.18 Å². The molecule has 0 atom stereocenters. The van der Waals surface area contributed by atoms with Gasteiger partial charge in [-0.2, -0.15) is 22.0 Å². The van der Waals surface area contributed by atoms with Crippen LogP contribution in [-0.2, 0) is 6.18 Å². The Balaban J connectivity index is 2.51. The number of methoxy groups -OCH3 is 1. The van der Waals surface area contributed by atoms with Gasteiger partial charge in [0.25, 0.3) is 3.57 Å². The molecule has 0 aromatic heterocycles. The summed E-state index contributed by atoms with van der Waals surface area (Å²) in [6, 6.07) is 5.75. The summed E-state index contributed by atoms with van der Waals surface area (Å²) >= 11 is -1.77. The van der Waals surface area contributed by atoms with Crippen molar-refractivity contribution in [1.29, 1.82) is 0 Å². The van der Waals surface area contributed by atoms with Crippen LogP contribution in [0.15, 0.2) is 24.3 Å². The van der Waals surface area contributed by atoms with E-state index < -0.39 is 59.8 Å². The second-order valence-corrected chi connectivity index (χ2v) is 7.06. The summed E-state index contributed by atoms with van der Waals surface area (Å²) < 4.78 is 96.3. The van der Waals surface area contributed by atoms with Crippen molar-refractivity contribution >= 4 is 0 Å². The zero-order valence-corrected chi connectivity index (χ0v) is 13.4. The molecule has 0 amide bonds. The summed E-state index contributed by atoms with van der Waals surface area (Å²) in [7, 11) is 1.39. The highest BCUT2D eigenvalue weighted by atomic mass is 127. The van der Waals surface area contributed by atoms with E-state index in [0.29, 0.717) is 9.32 Å². The molecule has 2 aromatic rings. The van der Waals surface area contributed by atoms with Crippen LogP contribution in [0.2, 0.25) is 0 Å². The minimum absolute atomic E-state index is 0.348. The van der Waals surface area contributed by atoms with Gasteiger partial charge in [-0.3, -0.25) is 0 Å². The standard InChI is InChI=1S/C14H7F7IO/c1-23-7-4-2-6(3-5-7)22-13-11(17)9(15)8(14(19,20)21)10(16)12(13)18/h2-5H,1H3/q+1. The lowest BCUT2D eigenvalue weighted by Crippen LogP contribution is -3.62. The first-order valence-electron chi connectivity index (χ1n) is 5.88. The third-order valence-electron chi connectivity index (χ3n) is 2.75. The zero-order valence-electron chi connectivity index (χ0n) is 11.2. The smallest absolute Gasteiger partial charge is 0.422 e. The van der Waals surface area contributed by atoms with Gasteiger partial charge in [-0.15, -0.1) is 0 Å². The molecule has 0 aliphatic heterocycles. The molecule has 0 spiro atoms. The lowest BCUT2D eigenvalue weighted by Gasteiger charge is -2.10. The predicted octanol–water partition coefficient (Wildman–Crippen LogP) is 1.40. The zero-order chi connectivity index (χ0) is 17.4. The largest absolute Gasteiger partial charge is 0.497 e. The van der Waals surface area contributed by atoms with Crippen molar-refractivity contribution in [2.75, 3.05) is 7.11 Å². The summed E-state index contributed by atoms with van der Waals surface area (Å²) in [5.41, 5.74) is -2.56. The van der Waals surface area contributed by atoms with E-state index >= 15 is 0 Å². The molecule has 0 N–H and O–H groups in total. The van der Waals surface area contributed by atoms with E-state index in [1.54, 1.807) is 0 Å². The first kappa shape index (κ1) is 17.8. The second kappa shape index (κ2) is 6.54. The van der Waals surface area contributed by atoms with Crippen molar-refractivity contribution in [3.8, 4) is 5.75 Å². The molecule has 9 heteroatoms. The molecule has 0 saturated heterocycles. The Morgan fingerprint density at radius 3 is 1.70 bits per heavy atom. The molecule has 0 aliphatic rings. The van der Waals surface area contributed by atoms with Crippen molar-refractivity contribution in [1.82, 2.24) is 0 Å². The molecule has 0 bridgehead atoms. The highest BCUT2D eigenvalue weighted by Gasteiger charge is 2.45. The third kappa shape index (κ3) is 3.54. The van der Waals surface area contributed by atoms with Crippen molar-refractivity contribution < 1.29 is 56.7 Å². The van der Waals surface area contributed by atoms with Gasteiger partial charge in [0.2, 0.25) is 11.6 Å². The molecule has 0 aliphatic carbocycles. The molecule has 0 radical (unpaired) electrons. The van der Waals surface area contributed by atoms with E-state index in [-0.39, 0.29) is 0 Å². The first-order valence-corrected chi connectivity index (χ1v) is 8.04. The summed E-state index contributed by atoms with van der Waals surface area (Å²) in [5, 5.41) is 0. The Morgan fingerprint density at radius 1 is 0.826 bits per heavy atom. The molecule has 2 aromatic carbocycles. The number of ether oxygens (including phenoxy) is 1. The SMILES string of the molecule is COc1ccc([I+]c2c(F)c(F)c(C(F)(F)F)c(F)c2F)cc1. The van der Waals surface area contributed by atoms with Gasteiger partial charge >= 0.3 is 27.4 Å². The van der Waals surface area contributed by atoms with E-state index in [2.05, 4.69) is 0 Å². The van der Waals surface area contributed by atoms with Gasteiger partial charge in [-0.1, -0.05) is 0 Å². The monoisotopic (exact) mass is 451 g/mol. The van der Waals surface area contributed by atoms with Crippen LogP contribution >= 0.6 is 0 Å². The minimum Gasteiger partial charge on any atom is -0.497 e. The summed E-state index contributed by atoms with van der Waals surface area (Å²) in [6.07, 6.45) is -5.53. The van der Waals surface area contributed by atoms with Crippen molar-refractivity contribution in [3.05, 3.63) is 60.2 Å². The molecular weight excluding hydrogens is 444 g/mol. The van der Waals surface area contributed by atoms with Crippen molar-refractivity contribution in [2.24, 2.45) is 0 Å². The molecule has 0 fully saturated rings. The third-order valence-corrected chi connectivity index (χ3v) is 5.57. The highest BCUT2D eigenvalue weighted by molar-refractivity contribution is 5.25. The lowest BCUT2D eigenvalue weighted by atomic mass is 10.1. The Hall–Kier alpha value is -1.52. The maximum Gasteiger partial charge on any atom is 0.422 e. The van der Waals surface area contributed by atoms with Gasteiger partial charge < -0.3 is 4.74 Å². The van der Waals surface area contributed by atoms with Crippen LogP contribution in [0.3, 0.4) is 0 Å². The fraction of sp³-hybridized carbons (Fsp3) is 0.143. The van der Waals surface area contributed by atoms with Crippen molar-refractivity contribution in [3.63, 3.8) is 0 Å². The number of alkyl halides is 3. The molecule has 0 saturated carbocycles. The first-order chi connectivity index (χ1) is 10.7. The van der Waals surface area contributed by atoms with Crippen LogP contribution < -0.4 is 25.9 Å². The van der Waals surface area contributed by atoms with E-state index in [9.17, 15) is 30.7 Å². The molecule has 124 valence electrons. The predicted molar refractivity (Wildman–Crippen MR) is 61.7 cm³/mol. The normalized spacial score (nSPS) is 11.7. The average Bonchev–Trinajstić information content (AvgIpc) is 2.49. The summed E-state index contributed by atoms with van der Waals surface area (Å²) in [5.74, 6) is -8.44. The van der Waals surface area contributed by atoms with Gasteiger partial charge in [0.1, 0.15) is 11.3 Å². The van der Waals surface area contributed by atoms with Gasteiger partial charge in [0, 0.05) is 0 Å². The topological polar surface area (TPSA) is 9.23 Å². The molecule has 0 unspecified atom stereocenters. The van der Waals surface area contributed by atoms with E-state index in [1.807, 2.05) is 0 Å². The van der Waals surface area contributed by atoms with Crippen LogP contribution in [0.5, 0.6) is 5.75 Å². The van der Waals surface area contributed by atoms with Crippen LogP contribution in [0.25, 0.3) is 0 Å². The molecule has 1 nitrogen and oxygen atoms in total. The number of benzene rings is 2. The van der Waals surface area contributed by atoms with Crippen LogP contribution in [0.4, 0.5) is 30.7 Å². The summed E-state index contributed by atoms with van der Waals surface area (Å²) in [6.45, 7) is 0. The molecular formula is C14H7F7IO+. The van der Waals surface area contributed by atoms with Crippen LogP contribution in [0, 0.1) is 30.4 Å². The van der Waals surface area contributed by atoms with Gasteiger partial charge in [-0.05, 0) is 24.3 Å². The molecule has 23 heavy (non-hydrogen) atoms. The molecule has 0 heterocycles. The maximum atomic E-state index is 13.8. The highest BCUT2D eigenvalue weighted by Crippen LogP contribution is 2.35. The second-order valence-electron chi connectivity index (χ2n) is 4.20. The van der Waals surface area contributed by atoms with Gasteiger partial charge in [0.05, 0.1) is 7.11 Å². The quantitative estimate of drug-likeness (QED) is 0.297. The van der Waals surface area contributed by atoms with Crippen LogP contribution in [0.1, 0.15) is 5.56 Å². The lowest BCUT2D eigenvalue weighted by molar-refractivity contribution is -0.604. The Labute approximate surface area is 136 Å². The summed E-state index contributed by atoms with van der Waals surface area (Å²) in [4.78, 5) is 0. The maximum absolute atomic E-state index is 13.8. The van der Waals surface area contributed by atoms with Gasteiger partial charge in [-0.25, -0.2) is 8.78 Å². The number of hydrogen-bond acceptors (Lipinski definition) is 1. The Morgan fingerprint density at radius 2 is 1.30 bits per heavy atom. The van der Waals surface area contributed by atoms with Gasteiger partial charge in [0.15, 0.2) is 15.2 Å². The van der Waals surface area contributed by atoms with Crippen LogP contribution in [-0.4, -0.2) is 7.11 Å². The average molecular weight is 451 g/mol. The Kier molecular flexibility index (Phi) is 5.07. The number of rotatable bonds is 3.